The van der Waals surface area contributed by atoms with Crippen LogP contribution in [0.4, 0.5) is 0 Å². The minimum absolute atomic E-state index is 0.637. The van der Waals surface area contributed by atoms with Crippen LogP contribution in [-0.2, 0) is 17.7 Å². The average molecular weight is 405 g/mol. The summed E-state index contributed by atoms with van der Waals surface area (Å²) in [5.74, 6) is 0. The van der Waals surface area contributed by atoms with E-state index in [2.05, 4.69) is 40.1 Å². The zero-order valence-electron chi connectivity index (χ0n) is 17.8. The molecule has 0 amide bonds. The van der Waals surface area contributed by atoms with Gasteiger partial charge in [0.15, 0.2) is 0 Å². The van der Waals surface area contributed by atoms with E-state index >= 15 is 0 Å². The van der Waals surface area contributed by atoms with Gasteiger partial charge in [-0.3, -0.25) is 0 Å². The second-order valence-electron chi connectivity index (χ2n) is 6.37. The lowest BCUT2D eigenvalue weighted by atomic mass is 10.9. The maximum absolute atomic E-state index is 6.17. The number of hydrogen-bond donors (Lipinski definition) is 0. The van der Waals surface area contributed by atoms with Gasteiger partial charge in [-0.25, -0.2) is 0 Å². The molecule has 0 saturated carbocycles. The molecule has 25 heavy (non-hydrogen) atoms. The van der Waals surface area contributed by atoms with Crippen molar-refractivity contribution in [2.24, 2.45) is 0 Å². The Morgan fingerprint density at radius 2 is 0.840 bits per heavy atom. The summed E-state index contributed by atoms with van der Waals surface area (Å²) in [4.78, 5) is 2.36. The number of hydrogen-bond acceptors (Lipinski definition) is 4. The standard InChI is InChI=1S/C18H40O4Si3/c1-11-19-23(9,20-12-2)17(7)25(15-5,16-6)18(8)24(10,21-13-3)22-14-4/h7-8,11-16H2,1-6,9-10H3. The summed E-state index contributed by atoms with van der Waals surface area (Å²) < 4.78 is 24.7. The van der Waals surface area contributed by atoms with Crippen molar-refractivity contribution in [1.82, 2.24) is 0 Å². The van der Waals surface area contributed by atoms with Crippen LogP contribution in [0.5, 0.6) is 0 Å². The second kappa shape index (κ2) is 11.0. The van der Waals surface area contributed by atoms with Crippen molar-refractivity contribution in [1.29, 1.82) is 0 Å². The second-order valence-corrected chi connectivity index (χ2v) is 18.3. The van der Waals surface area contributed by atoms with Gasteiger partial charge in [0.2, 0.25) is 0 Å². The van der Waals surface area contributed by atoms with Crippen LogP contribution in [0.25, 0.3) is 0 Å². The molecule has 0 aliphatic carbocycles. The fourth-order valence-electron chi connectivity index (χ4n) is 3.69. The van der Waals surface area contributed by atoms with Gasteiger partial charge in [0, 0.05) is 26.4 Å². The van der Waals surface area contributed by atoms with Gasteiger partial charge in [-0.05, 0) is 50.4 Å². The van der Waals surface area contributed by atoms with Crippen molar-refractivity contribution < 1.29 is 17.7 Å². The van der Waals surface area contributed by atoms with Crippen molar-refractivity contribution in [3.05, 3.63) is 22.8 Å². The molecule has 148 valence electrons. The van der Waals surface area contributed by atoms with E-state index in [0.717, 1.165) is 12.1 Å². The molecule has 0 unspecified atom stereocenters. The Bertz CT molecular complexity index is 388. The molecule has 0 atom stereocenters. The van der Waals surface area contributed by atoms with Crippen molar-refractivity contribution in [3.63, 3.8) is 0 Å². The fraction of sp³-hybridized carbons (Fsp3) is 0.778. The predicted octanol–water partition coefficient (Wildman–Crippen LogP) is 5.03. The summed E-state index contributed by atoms with van der Waals surface area (Å²) in [6.45, 7) is 28.5. The number of rotatable bonds is 14. The molecule has 0 heterocycles. The smallest absolute Gasteiger partial charge is 0.360 e. The summed E-state index contributed by atoms with van der Waals surface area (Å²) in [7, 11) is -7.14. The Morgan fingerprint density at radius 3 is 1.00 bits per heavy atom. The molecular formula is C18H40O4Si3. The monoisotopic (exact) mass is 404 g/mol. The molecule has 0 fully saturated rings. The summed E-state index contributed by atoms with van der Waals surface area (Å²) in [6, 6.07) is 2.04. The highest BCUT2D eigenvalue weighted by Gasteiger charge is 2.54. The highest BCUT2D eigenvalue weighted by molar-refractivity contribution is 7.13. The lowest BCUT2D eigenvalue weighted by Gasteiger charge is -2.44. The Balaban J connectivity index is 6.10. The zero-order valence-corrected chi connectivity index (χ0v) is 20.8. The van der Waals surface area contributed by atoms with Gasteiger partial charge in [-0.2, -0.15) is 0 Å². The predicted molar refractivity (Wildman–Crippen MR) is 115 cm³/mol. The van der Waals surface area contributed by atoms with Crippen molar-refractivity contribution in [2.45, 2.75) is 66.7 Å². The van der Waals surface area contributed by atoms with Crippen LogP contribution in [0.1, 0.15) is 41.5 Å². The molecule has 0 aliphatic heterocycles. The van der Waals surface area contributed by atoms with Gasteiger partial charge in [0.1, 0.15) is 8.07 Å². The largest absolute Gasteiger partial charge is 0.392 e. The SMILES string of the molecule is C=C([Si](C)(OCC)OCC)[Si](CC)(CC)C(=C)[Si](C)(OCC)OCC. The third kappa shape index (κ3) is 5.48. The summed E-state index contributed by atoms with van der Waals surface area (Å²) >= 11 is 0. The maximum Gasteiger partial charge on any atom is 0.360 e. The van der Waals surface area contributed by atoms with E-state index in [1.807, 2.05) is 27.7 Å². The average Bonchev–Trinajstić information content (AvgIpc) is 2.57. The van der Waals surface area contributed by atoms with Gasteiger partial charge >= 0.3 is 17.1 Å². The summed E-state index contributed by atoms with van der Waals surface area (Å²) in [6.07, 6.45) is 0. The Kier molecular flexibility index (Phi) is 10.9. The molecule has 0 aromatic carbocycles. The third-order valence-electron chi connectivity index (χ3n) is 5.14. The fourth-order valence-corrected chi connectivity index (χ4v) is 20.5. The molecule has 0 aromatic heterocycles. The van der Waals surface area contributed by atoms with E-state index in [-0.39, 0.29) is 0 Å². The molecule has 0 spiro atoms. The quantitative estimate of drug-likeness (QED) is 0.380. The van der Waals surface area contributed by atoms with Crippen molar-refractivity contribution in [2.75, 3.05) is 26.4 Å². The van der Waals surface area contributed by atoms with Crippen molar-refractivity contribution >= 4 is 25.2 Å². The first-order valence-corrected chi connectivity index (χ1v) is 16.7. The lowest BCUT2D eigenvalue weighted by molar-refractivity contribution is 0.198. The van der Waals surface area contributed by atoms with Gasteiger partial charge in [-0.15, -0.1) is 13.2 Å². The molecular weight excluding hydrogens is 364 g/mol. The normalized spacial score (nSPS) is 13.1. The van der Waals surface area contributed by atoms with E-state index in [9.17, 15) is 0 Å². The summed E-state index contributed by atoms with van der Waals surface area (Å²) in [5.41, 5.74) is 0. The van der Waals surface area contributed by atoms with Crippen LogP contribution < -0.4 is 0 Å². The molecule has 0 aromatic rings. The molecule has 0 N–H and O–H groups in total. The van der Waals surface area contributed by atoms with E-state index in [1.54, 1.807) is 0 Å². The third-order valence-corrected chi connectivity index (χ3v) is 21.0. The van der Waals surface area contributed by atoms with Gasteiger partial charge < -0.3 is 17.7 Å². The van der Waals surface area contributed by atoms with Crippen LogP contribution >= 0.6 is 0 Å². The molecule has 0 radical (unpaired) electrons. The molecule has 0 bridgehead atoms. The molecule has 0 saturated heterocycles. The Hall–Kier alpha value is -0.0294. The zero-order chi connectivity index (χ0) is 19.7. The van der Waals surface area contributed by atoms with Crippen LogP contribution in [0.3, 0.4) is 0 Å². The Labute approximate surface area is 159 Å². The highest BCUT2D eigenvalue weighted by Crippen LogP contribution is 2.40. The molecule has 7 heteroatoms. The highest BCUT2D eigenvalue weighted by atomic mass is 28.4. The van der Waals surface area contributed by atoms with Crippen LogP contribution in [-0.4, -0.2) is 51.6 Å². The van der Waals surface area contributed by atoms with Gasteiger partial charge in [0.05, 0.1) is 0 Å². The van der Waals surface area contributed by atoms with Gasteiger partial charge in [-0.1, -0.05) is 25.9 Å². The van der Waals surface area contributed by atoms with Gasteiger partial charge in [0.25, 0.3) is 0 Å². The minimum atomic E-state index is -2.50. The first kappa shape index (κ1) is 25.0. The lowest BCUT2D eigenvalue weighted by Crippen LogP contribution is -2.60. The van der Waals surface area contributed by atoms with Crippen molar-refractivity contribution in [3.8, 4) is 0 Å². The van der Waals surface area contributed by atoms with Crippen LogP contribution in [0, 0.1) is 0 Å². The molecule has 0 rings (SSSR count). The first-order valence-electron chi connectivity index (χ1n) is 9.63. The maximum atomic E-state index is 6.17. The minimum Gasteiger partial charge on any atom is -0.392 e. The van der Waals surface area contributed by atoms with E-state index in [0.29, 0.717) is 26.4 Å². The van der Waals surface area contributed by atoms with Crippen LogP contribution in [0.2, 0.25) is 25.2 Å². The molecule has 4 nitrogen and oxygen atoms in total. The van der Waals surface area contributed by atoms with Crippen LogP contribution in [0.15, 0.2) is 22.8 Å². The summed E-state index contributed by atoms with van der Waals surface area (Å²) in [5, 5.41) is 0. The van der Waals surface area contributed by atoms with E-state index in [4.69, 9.17) is 17.7 Å². The van der Waals surface area contributed by atoms with E-state index in [1.165, 1.54) is 9.64 Å². The topological polar surface area (TPSA) is 36.9 Å². The Morgan fingerprint density at radius 1 is 0.600 bits per heavy atom. The molecule has 0 aliphatic rings. The first-order chi connectivity index (χ1) is 11.7. The van der Waals surface area contributed by atoms with E-state index < -0.39 is 25.2 Å².